The summed E-state index contributed by atoms with van der Waals surface area (Å²) in [6, 6.07) is 10.9. The third-order valence-corrected chi connectivity index (χ3v) is 5.08. The second-order valence-electron chi connectivity index (χ2n) is 7.85. The van der Waals surface area contributed by atoms with E-state index in [1.807, 2.05) is 32.0 Å². The molecule has 154 valence electrons. The third-order valence-electron chi connectivity index (χ3n) is 5.08. The average molecular weight is 396 g/mol. The van der Waals surface area contributed by atoms with Gasteiger partial charge in [-0.25, -0.2) is 0 Å². The quantitative estimate of drug-likeness (QED) is 0.297. The molecular weight excluding hydrogens is 364 g/mol. The number of carbonyl (C=O) groups is 2. The van der Waals surface area contributed by atoms with Gasteiger partial charge >= 0.3 is 5.69 Å². The van der Waals surface area contributed by atoms with Crippen LogP contribution in [0.1, 0.15) is 98.1 Å². The van der Waals surface area contributed by atoms with E-state index in [0.29, 0.717) is 34.5 Å². The summed E-state index contributed by atoms with van der Waals surface area (Å²) in [6.45, 7) is 11.7. The van der Waals surface area contributed by atoms with Gasteiger partial charge in [0, 0.05) is 24.5 Å². The summed E-state index contributed by atoms with van der Waals surface area (Å²) in [5, 5.41) is 0. The zero-order valence-corrected chi connectivity index (χ0v) is 18.2. The van der Waals surface area contributed by atoms with Gasteiger partial charge in [0.15, 0.2) is 16.4 Å². The standard InChI is InChI=1S/C24H30N2O3/c1-7-23(27)19-11-9-17(15(3)4)13-21(19)25-26(29)22-14-18(16(5)6)10-12-20(22)24(28)8-2/h9-16H,7-8H2,1-6H3/p+1. The summed E-state index contributed by atoms with van der Waals surface area (Å²) in [5.41, 5.74) is 6.40. The Morgan fingerprint density at radius 2 is 1.31 bits per heavy atom. The summed E-state index contributed by atoms with van der Waals surface area (Å²) in [5.74, 6) is 0.327. The molecule has 5 heteroatoms. The van der Waals surface area contributed by atoms with Gasteiger partial charge in [-0.15, -0.1) is 5.43 Å². The molecule has 0 saturated carbocycles. The van der Waals surface area contributed by atoms with Crippen molar-refractivity contribution in [3.8, 4) is 0 Å². The highest BCUT2D eigenvalue weighted by molar-refractivity contribution is 6.01. The number of hydrazine groups is 1. The Morgan fingerprint density at radius 3 is 1.83 bits per heavy atom. The van der Waals surface area contributed by atoms with Crippen molar-refractivity contribution in [2.45, 2.75) is 66.2 Å². The predicted octanol–water partition coefficient (Wildman–Crippen LogP) is 6.56. The maximum atomic E-state index is 13.1. The number of benzene rings is 2. The summed E-state index contributed by atoms with van der Waals surface area (Å²) in [6.07, 6.45) is 0.654. The minimum Gasteiger partial charge on any atom is -0.294 e. The van der Waals surface area contributed by atoms with E-state index in [2.05, 4.69) is 19.3 Å². The Labute approximate surface area is 173 Å². The second kappa shape index (κ2) is 9.59. The molecule has 2 aromatic carbocycles. The van der Waals surface area contributed by atoms with E-state index >= 15 is 0 Å². The van der Waals surface area contributed by atoms with E-state index in [4.69, 9.17) is 0 Å². The number of hydrogen-bond donors (Lipinski definition) is 1. The number of nitrogens with zero attached hydrogens (tertiary/aromatic N) is 1. The molecule has 0 spiro atoms. The van der Waals surface area contributed by atoms with Crippen molar-refractivity contribution in [3.05, 3.63) is 63.6 Å². The Morgan fingerprint density at radius 1 is 0.828 bits per heavy atom. The summed E-state index contributed by atoms with van der Waals surface area (Å²) >= 11 is 0. The molecule has 0 aromatic heterocycles. The molecule has 0 atom stereocenters. The molecule has 0 fully saturated rings. The molecule has 0 bridgehead atoms. The molecule has 0 radical (unpaired) electrons. The first-order valence-electron chi connectivity index (χ1n) is 10.3. The predicted molar refractivity (Wildman–Crippen MR) is 117 cm³/mol. The highest BCUT2D eigenvalue weighted by Crippen LogP contribution is 2.29. The topological polar surface area (TPSA) is 66.2 Å². The van der Waals surface area contributed by atoms with Crippen molar-refractivity contribution in [2.24, 2.45) is 0 Å². The normalized spacial score (nSPS) is 11.0. The first kappa shape index (κ1) is 22.5. The van der Waals surface area contributed by atoms with E-state index in [1.165, 1.54) is 0 Å². The lowest BCUT2D eigenvalue weighted by Gasteiger charge is -2.12. The van der Waals surface area contributed by atoms with Crippen LogP contribution in [0.4, 0.5) is 11.4 Å². The Kier molecular flexibility index (Phi) is 7.43. The van der Waals surface area contributed by atoms with Crippen LogP contribution in [0.3, 0.4) is 0 Å². The number of nitrogens with one attached hydrogen (secondary N) is 1. The lowest BCUT2D eigenvalue weighted by molar-refractivity contribution is -0.428. The molecular formula is C24H31N2O3+. The lowest BCUT2D eigenvalue weighted by Crippen LogP contribution is -2.17. The highest BCUT2D eigenvalue weighted by Gasteiger charge is 2.26. The molecule has 0 saturated heterocycles. The fraction of sp³-hybridized carbons (Fsp3) is 0.417. The molecule has 0 heterocycles. The van der Waals surface area contributed by atoms with Crippen molar-refractivity contribution in [1.29, 1.82) is 0 Å². The zero-order chi connectivity index (χ0) is 21.7. The summed E-state index contributed by atoms with van der Waals surface area (Å²) < 4.78 is 0. The SMILES string of the molecule is CCC(=O)c1ccc(C(C)C)cc1N[N+](=O)c1cc(C(C)C)ccc1C(=O)CC. The second-order valence-corrected chi connectivity index (χ2v) is 7.85. The molecule has 5 nitrogen and oxygen atoms in total. The van der Waals surface area contributed by atoms with Crippen LogP contribution in [0.25, 0.3) is 0 Å². The largest absolute Gasteiger partial charge is 0.303 e. The Bertz CT molecular complexity index is 930. The van der Waals surface area contributed by atoms with Gasteiger partial charge in [-0.3, -0.25) is 9.59 Å². The molecule has 1 N–H and O–H groups in total. The van der Waals surface area contributed by atoms with Crippen molar-refractivity contribution >= 4 is 22.9 Å². The molecule has 0 aliphatic heterocycles. The van der Waals surface area contributed by atoms with Crippen LogP contribution in [0.15, 0.2) is 36.4 Å². The van der Waals surface area contributed by atoms with E-state index in [0.717, 1.165) is 11.1 Å². The molecule has 2 aromatic rings. The first-order valence-corrected chi connectivity index (χ1v) is 10.3. The van der Waals surface area contributed by atoms with Gasteiger partial charge in [0.2, 0.25) is 0 Å². The number of rotatable bonds is 9. The Balaban J connectivity index is 2.53. The number of hydrogen-bond acceptors (Lipinski definition) is 3. The van der Waals surface area contributed by atoms with Crippen molar-refractivity contribution < 1.29 is 14.5 Å². The van der Waals surface area contributed by atoms with Crippen LogP contribution >= 0.6 is 0 Å². The van der Waals surface area contributed by atoms with Gasteiger partial charge in [-0.1, -0.05) is 53.7 Å². The van der Waals surface area contributed by atoms with Crippen molar-refractivity contribution in [3.63, 3.8) is 0 Å². The highest BCUT2D eigenvalue weighted by atomic mass is 16.3. The maximum Gasteiger partial charge on any atom is 0.303 e. The smallest absolute Gasteiger partial charge is 0.294 e. The molecule has 0 unspecified atom stereocenters. The molecule has 0 aliphatic carbocycles. The van der Waals surface area contributed by atoms with Gasteiger partial charge in [-0.2, -0.15) is 0 Å². The van der Waals surface area contributed by atoms with Crippen molar-refractivity contribution in [1.82, 2.24) is 0 Å². The average Bonchev–Trinajstić information content (AvgIpc) is 2.71. The molecule has 0 amide bonds. The number of ketones is 2. The van der Waals surface area contributed by atoms with Gasteiger partial charge in [0.1, 0.15) is 5.69 Å². The first-order chi connectivity index (χ1) is 13.7. The fourth-order valence-electron chi connectivity index (χ4n) is 3.12. The van der Waals surface area contributed by atoms with Crippen LogP contribution in [0, 0.1) is 4.91 Å². The van der Waals surface area contributed by atoms with Crippen LogP contribution < -0.4 is 5.43 Å². The van der Waals surface area contributed by atoms with Gasteiger partial charge in [0.05, 0.1) is 10.5 Å². The van der Waals surface area contributed by atoms with Gasteiger partial charge in [-0.05, 0) is 41.2 Å². The molecule has 2 rings (SSSR count). The van der Waals surface area contributed by atoms with Gasteiger partial charge in [0.25, 0.3) is 0 Å². The number of anilines is 1. The van der Waals surface area contributed by atoms with Crippen molar-refractivity contribution in [2.75, 3.05) is 5.43 Å². The van der Waals surface area contributed by atoms with E-state index < -0.39 is 0 Å². The zero-order valence-electron chi connectivity index (χ0n) is 18.2. The Hall–Kier alpha value is -2.82. The monoisotopic (exact) mass is 395 g/mol. The molecule has 29 heavy (non-hydrogen) atoms. The number of carbonyl (C=O) groups excluding carboxylic acids is 2. The van der Waals surface area contributed by atoms with Crippen LogP contribution in [-0.2, 0) is 0 Å². The van der Waals surface area contributed by atoms with E-state index in [1.54, 1.807) is 32.0 Å². The van der Waals surface area contributed by atoms with Gasteiger partial charge < -0.3 is 0 Å². The van der Waals surface area contributed by atoms with E-state index in [-0.39, 0.29) is 29.1 Å². The number of nitroso groups, excluding NO2 is 1. The van der Waals surface area contributed by atoms with E-state index in [9.17, 15) is 14.5 Å². The van der Waals surface area contributed by atoms with Crippen LogP contribution in [0.5, 0.6) is 0 Å². The molecule has 0 aliphatic rings. The summed E-state index contributed by atoms with van der Waals surface area (Å²) in [4.78, 5) is 38.5. The van der Waals surface area contributed by atoms with Crippen LogP contribution in [-0.4, -0.2) is 16.4 Å². The minimum absolute atomic E-state index is 0.0444. The summed E-state index contributed by atoms with van der Waals surface area (Å²) in [7, 11) is 0. The maximum absolute atomic E-state index is 13.1. The fourth-order valence-corrected chi connectivity index (χ4v) is 3.12. The van der Waals surface area contributed by atoms with Crippen LogP contribution in [0.2, 0.25) is 0 Å². The lowest BCUT2D eigenvalue weighted by atomic mass is 9.97. The third kappa shape index (κ3) is 5.17. The number of Topliss-reactive ketones (excluding diaryl/α,β-unsaturated/α-hetero) is 2. The minimum atomic E-state index is -0.0984.